The Morgan fingerprint density at radius 2 is 1.81 bits per heavy atom. The minimum absolute atomic E-state index is 0.0117. The van der Waals surface area contributed by atoms with Crippen LogP contribution in [0.5, 0.6) is 5.75 Å². The van der Waals surface area contributed by atoms with E-state index in [2.05, 4.69) is 47.8 Å². The first-order valence-corrected chi connectivity index (χ1v) is 9.26. The number of amides is 2. The Kier molecular flexibility index (Phi) is 7.70. The van der Waals surface area contributed by atoms with E-state index in [1.165, 1.54) is 7.11 Å². The maximum atomic E-state index is 12.4. The summed E-state index contributed by atoms with van der Waals surface area (Å²) in [6.45, 7) is 0.144. The number of urea groups is 1. The van der Waals surface area contributed by atoms with E-state index in [9.17, 15) is 9.90 Å². The molecule has 0 heterocycles. The van der Waals surface area contributed by atoms with Gasteiger partial charge in [-0.05, 0) is 18.2 Å². The fourth-order valence-corrected chi connectivity index (χ4v) is 3.60. The molecule has 140 valence electrons. The molecule has 0 aliphatic carbocycles. The number of hydrogen-bond donors (Lipinski definition) is 5. The second-order valence-corrected chi connectivity index (χ2v) is 7.02. The third kappa shape index (κ3) is 5.60. The molecule has 0 spiro atoms. The van der Waals surface area contributed by atoms with E-state index >= 15 is 0 Å². The zero-order valence-corrected chi connectivity index (χ0v) is 17.1. The van der Waals surface area contributed by atoms with E-state index in [4.69, 9.17) is 9.84 Å². The predicted octanol–water partition coefficient (Wildman–Crippen LogP) is 3.76. The van der Waals surface area contributed by atoms with Gasteiger partial charge in [-0.15, -0.1) is 0 Å². The lowest BCUT2D eigenvalue weighted by Crippen LogP contribution is -2.20. The molecule has 0 atom stereocenters. The number of methoxy groups -OCH3 is 1. The highest BCUT2D eigenvalue weighted by atomic mass is 79.9. The minimum Gasteiger partial charge on any atom is -0.497 e. The van der Waals surface area contributed by atoms with Gasteiger partial charge in [0.05, 0.1) is 26.0 Å². The summed E-state index contributed by atoms with van der Waals surface area (Å²) in [7, 11) is 1.53. The highest BCUT2D eigenvalue weighted by molar-refractivity contribution is 9.11. The highest BCUT2D eigenvalue weighted by Gasteiger charge is 2.12. The molecule has 2 amide bonds. The van der Waals surface area contributed by atoms with Crippen LogP contribution in [-0.4, -0.2) is 36.5 Å². The van der Waals surface area contributed by atoms with Gasteiger partial charge in [0.15, 0.2) is 0 Å². The number of aliphatic hydroxyl groups is 2. The van der Waals surface area contributed by atoms with E-state index in [1.807, 2.05) is 0 Å². The van der Waals surface area contributed by atoms with Crippen LogP contribution in [0.4, 0.5) is 21.9 Å². The number of carbonyl (C=O) groups is 1. The number of carbonyl (C=O) groups excluding carboxylic acids is 1. The topological polar surface area (TPSA) is 103 Å². The smallest absolute Gasteiger partial charge is 0.323 e. The summed E-state index contributed by atoms with van der Waals surface area (Å²) in [6, 6.07) is 8.18. The van der Waals surface area contributed by atoms with Gasteiger partial charge >= 0.3 is 6.03 Å². The van der Waals surface area contributed by atoms with Gasteiger partial charge in [-0.1, -0.05) is 31.9 Å². The zero-order chi connectivity index (χ0) is 19.1. The Labute approximate surface area is 168 Å². The predicted molar refractivity (Wildman–Crippen MR) is 109 cm³/mol. The van der Waals surface area contributed by atoms with E-state index in [0.29, 0.717) is 39.4 Å². The maximum Gasteiger partial charge on any atom is 0.323 e. The van der Waals surface area contributed by atoms with Gasteiger partial charge < -0.3 is 30.9 Å². The van der Waals surface area contributed by atoms with E-state index in [0.717, 1.165) is 4.47 Å². The molecule has 0 unspecified atom stereocenters. The third-order valence-corrected chi connectivity index (χ3v) is 4.57. The van der Waals surface area contributed by atoms with Gasteiger partial charge in [0.25, 0.3) is 0 Å². The Hall–Kier alpha value is -1.81. The fourth-order valence-electron chi connectivity index (χ4n) is 2.25. The van der Waals surface area contributed by atoms with Crippen LogP contribution in [0, 0.1) is 0 Å². The van der Waals surface area contributed by atoms with Gasteiger partial charge in [-0.3, -0.25) is 0 Å². The molecule has 0 aliphatic rings. The van der Waals surface area contributed by atoms with E-state index in [1.54, 1.807) is 30.3 Å². The van der Waals surface area contributed by atoms with Gasteiger partial charge in [0, 0.05) is 44.6 Å². The first-order valence-electron chi connectivity index (χ1n) is 7.67. The van der Waals surface area contributed by atoms with Crippen molar-refractivity contribution in [1.29, 1.82) is 0 Å². The largest absolute Gasteiger partial charge is 0.497 e. The molecular formula is C17H19Br2N3O4. The average Bonchev–Trinajstić information content (AvgIpc) is 2.59. The highest BCUT2D eigenvalue weighted by Crippen LogP contribution is 2.30. The number of rotatable bonds is 7. The number of nitrogens with one attached hydrogen (secondary N) is 3. The van der Waals surface area contributed by atoms with Crippen molar-refractivity contribution in [3.8, 4) is 5.75 Å². The lowest BCUT2D eigenvalue weighted by molar-refractivity contribution is 0.262. The molecule has 2 rings (SSSR count). The Bertz CT molecular complexity index is 787. The molecule has 26 heavy (non-hydrogen) atoms. The quantitative estimate of drug-likeness (QED) is 0.408. The van der Waals surface area contributed by atoms with Gasteiger partial charge in [0.1, 0.15) is 5.75 Å². The number of aliphatic hydroxyl groups excluding tert-OH is 2. The minimum atomic E-state index is -0.467. The van der Waals surface area contributed by atoms with Gasteiger partial charge in [0.2, 0.25) is 0 Å². The number of benzene rings is 2. The van der Waals surface area contributed by atoms with Crippen LogP contribution in [0.15, 0.2) is 39.3 Å². The summed E-state index contributed by atoms with van der Waals surface area (Å²) in [6.07, 6.45) is 0. The number of halogens is 2. The first kappa shape index (κ1) is 20.5. The maximum absolute atomic E-state index is 12.4. The molecule has 2 aromatic carbocycles. The zero-order valence-electron chi connectivity index (χ0n) is 14.0. The second kappa shape index (κ2) is 9.77. The van der Waals surface area contributed by atoms with Crippen LogP contribution in [0.25, 0.3) is 0 Å². The number of ether oxygens (including phenoxy) is 1. The average molecular weight is 489 g/mol. The van der Waals surface area contributed by atoms with Crippen LogP contribution in [0.1, 0.15) is 5.56 Å². The molecule has 0 bridgehead atoms. The van der Waals surface area contributed by atoms with Crippen LogP contribution >= 0.6 is 31.9 Å². The van der Waals surface area contributed by atoms with Crippen molar-refractivity contribution >= 4 is 55.0 Å². The Morgan fingerprint density at radius 3 is 2.46 bits per heavy atom. The molecule has 7 nitrogen and oxygen atoms in total. The van der Waals surface area contributed by atoms with Crippen LogP contribution in [0.3, 0.4) is 0 Å². The van der Waals surface area contributed by atoms with Crippen molar-refractivity contribution in [2.45, 2.75) is 6.61 Å². The van der Waals surface area contributed by atoms with Crippen molar-refractivity contribution in [1.82, 2.24) is 0 Å². The number of hydrogen-bond acceptors (Lipinski definition) is 5. The second-order valence-electron chi connectivity index (χ2n) is 5.25. The third-order valence-electron chi connectivity index (χ3n) is 3.41. The van der Waals surface area contributed by atoms with Crippen molar-refractivity contribution < 1.29 is 19.7 Å². The molecule has 0 aliphatic heterocycles. The summed E-state index contributed by atoms with van der Waals surface area (Å²) in [4.78, 5) is 12.4. The van der Waals surface area contributed by atoms with Crippen molar-refractivity contribution in [3.05, 3.63) is 44.8 Å². The lowest BCUT2D eigenvalue weighted by Gasteiger charge is -2.14. The van der Waals surface area contributed by atoms with Crippen LogP contribution in [0.2, 0.25) is 0 Å². The fraction of sp³-hybridized carbons (Fsp3) is 0.235. The van der Waals surface area contributed by atoms with Crippen LogP contribution < -0.4 is 20.7 Å². The summed E-state index contributed by atoms with van der Waals surface area (Å²) in [5.74, 6) is 0.560. The summed E-state index contributed by atoms with van der Waals surface area (Å²) in [5, 5.41) is 26.9. The monoisotopic (exact) mass is 487 g/mol. The SMILES string of the molecule is COc1cc(NCCO)cc(NC(=O)Nc2cc(Br)cc(Br)c2CO)c1. The summed E-state index contributed by atoms with van der Waals surface area (Å²) < 4.78 is 6.66. The normalized spacial score (nSPS) is 10.3. The number of anilines is 3. The van der Waals surface area contributed by atoms with Crippen molar-refractivity contribution in [2.75, 3.05) is 36.2 Å². The lowest BCUT2D eigenvalue weighted by atomic mass is 10.2. The summed E-state index contributed by atoms with van der Waals surface area (Å²) in [5.41, 5.74) is 2.27. The van der Waals surface area contributed by atoms with Crippen molar-refractivity contribution in [2.24, 2.45) is 0 Å². The molecule has 0 saturated carbocycles. The van der Waals surface area contributed by atoms with Gasteiger partial charge in [-0.25, -0.2) is 4.79 Å². The Morgan fingerprint density at radius 1 is 1.08 bits per heavy atom. The first-order chi connectivity index (χ1) is 12.5. The molecule has 0 radical (unpaired) electrons. The van der Waals surface area contributed by atoms with E-state index in [-0.39, 0.29) is 13.2 Å². The molecule has 0 fully saturated rings. The molecular weight excluding hydrogens is 470 g/mol. The molecule has 2 aromatic rings. The molecule has 0 aromatic heterocycles. The van der Waals surface area contributed by atoms with Crippen LogP contribution in [-0.2, 0) is 6.61 Å². The standard InChI is InChI=1S/C17H19Br2N3O4/c1-26-13-7-11(20-2-3-23)6-12(8-13)21-17(25)22-16-5-10(18)4-15(19)14(16)9-24/h4-8,20,23-24H,2-3,9H2,1H3,(H2,21,22,25). The molecule has 5 N–H and O–H groups in total. The van der Waals surface area contributed by atoms with E-state index < -0.39 is 6.03 Å². The van der Waals surface area contributed by atoms with Crippen molar-refractivity contribution in [3.63, 3.8) is 0 Å². The summed E-state index contributed by atoms with van der Waals surface area (Å²) >= 11 is 6.72. The Balaban J connectivity index is 2.17. The van der Waals surface area contributed by atoms with Gasteiger partial charge in [-0.2, -0.15) is 0 Å². The molecule has 9 heteroatoms. The molecule has 0 saturated heterocycles.